The second kappa shape index (κ2) is 4.76. The number of carbonyl (C=O) groups excluding carboxylic acids is 1. The van der Waals surface area contributed by atoms with Crippen LogP contribution in [-0.4, -0.2) is 28.0 Å². The molecule has 2 N–H and O–H groups in total. The Morgan fingerprint density at radius 2 is 2.12 bits per heavy atom. The predicted octanol–water partition coefficient (Wildman–Crippen LogP) is 1.86. The van der Waals surface area contributed by atoms with Crippen molar-refractivity contribution in [1.82, 2.24) is 15.3 Å². The molecule has 1 amide bonds. The van der Waals surface area contributed by atoms with Crippen molar-refractivity contribution in [2.45, 2.75) is 25.3 Å². The van der Waals surface area contributed by atoms with Crippen LogP contribution in [0.3, 0.4) is 0 Å². The molecule has 2 heterocycles. The fourth-order valence-corrected chi connectivity index (χ4v) is 2.20. The van der Waals surface area contributed by atoms with Gasteiger partial charge in [0.2, 0.25) is 5.91 Å². The Kier molecular flexibility index (Phi) is 3.51. The van der Waals surface area contributed by atoms with Crippen LogP contribution in [0.4, 0.5) is 5.69 Å². The summed E-state index contributed by atoms with van der Waals surface area (Å²) in [6, 6.07) is 0. The summed E-state index contributed by atoms with van der Waals surface area (Å²) in [7, 11) is 0. The highest BCUT2D eigenvalue weighted by Gasteiger charge is 2.36. The summed E-state index contributed by atoms with van der Waals surface area (Å²) in [6.07, 6.45) is 2.99. The predicted molar refractivity (Wildman–Crippen MR) is 66.3 cm³/mol. The first kappa shape index (κ1) is 12.5. The van der Waals surface area contributed by atoms with E-state index in [0.29, 0.717) is 0 Å². The second-order valence-corrected chi connectivity index (χ2v) is 4.86. The molecule has 0 radical (unpaired) electrons. The summed E-state index contributed by atoms with van der Waals surface area (Å²) in [5.41, 5.74) is -0.321. The highest BCUT2D eigenvalue weighted by molar-refractivity contribution is 6.38. The van der Waals surface area contributed by atoms with Crippen molar-refractivity contribution in [3.63, 3.8) is 0 Å². The maximum atomic E-state index is 12.1. The molecule has 17 heavy (non-hydrogen) atoms. The number of carbonyl (C=O) groups is 1. The minimum atomic E-state index is -0.581. The van der Waals surface area contributed by atoms with E-state index < -0.39 is 5.54 Å². The fraction of sp³-hybridized carbons (Fsp3) is 0.500. The molecule has 0 aromatic carbocycles. The van der Waals surface area contributed by atoms with Crippen molar-refractivity contribution in [3.05, 3.63) is 16.6 Å². The third kappa shape index (κ3) is 2.51. The van der Waals surface area contributed by atoms with Gasteiger partial charge in [-0.3, -0.25) is 4.79 Å². The first-order chi connectivity index (χ1) is 8.03. The SMILES string of the molecule is CC1(C(=O)Nc2c(Cl)ncnc2Cl)CCCN1. The van der Waals surface area contributed by atoms with Crippen LogP contribution in [0.5, 0.6) is 0 Å². The minimum absolute atomic E-state index is 0.139. The van der Waals surface area contributed by atoms with Gasteiger partial charge in [-0.25, -0.2) is 9.97 Å². The van der Waals surface area contributed by atoms with E-state index >= 15 is 0 Å². The van der Waals surface area contributed by atoms with E-state index in [-0.39, 0.29) is 21.9 Å². The number of hydrogen-bond acceptors (Lipinski definition) is 4. The fourth-order valence-electron chi connectivity index (χ4n) is 1.79. The van der Waals surface area contributed by atoms with Crippen LogP contribution >= 0.6 is 23.2 Å². The summed E-state index contributed by atoms with van der Waals surface area (Å²) in [5.74, 6) is -0.173. The number of rotatable bonds is 2. The quantitative estimate of drug-likeness (QED) is 0.808. The van der Waals surface area contributed by atoms with E-state index in [4.69, 9.17) is 23.2 Å². The molecule has 1 unspecified atom stereocenters. The topological polar surface area (TPSA) is 66.9 Å². The number of anilines is 1. The lowest BCUT2D eigenvalue weighted by Crippen LogP contribution is -2.48. The van der Waals surface area contributed by atoms with E-state index in [9.17, 15) is 4.79 Å². The molecule has 0 aliphatic carbocycles. The molecule has 1 aliphatic heterocycles. The van der Waals surface area contributed by atoms with Gasteiger partial charge in [0.15, 0.2) is 10.3 Å². The van der Waals surface area contributed by atoms with E-state index in [1.54, 1.807) is 0 Å². The summed E-state index contributed by atoms with van der Waals surface area (Å²) >= 11 is 11.7. The van der Waals surface area contributed by atoms with Crippen molar-refractivity contribution in [2.24, 2.45) is 0 Å². The zero-order valence-corrected chi connectivity index (χ0v) is 10.8. The molecular formula is C10H12Cl2N4O. The maximum absolute atomic E-state index is 12.1. The van der Waals surface area contributed by atoms with Gasteiger partial charge < -0.3 is 10.6 Å². The standard InChI is InChI=1S/C10H12Cl2N4O/c1-10(3-2-4-15-10)9(17)16-6-7(11)13-5-14-8(6)12/h5,15H,2-4H2,1H3,(H,16,17). The number of nitrogens with one attached hydrogen (secondary N) is 2. The van der Waals surface area contributed by atoms with Crippen LogP contribution in [0.15, 0.2) is 6.33 Å². The van der Waals surface area contributed by atoms with Gasteiger partial charge in [-0.05, 0) is 26.3 Å². The molecule has 1 aromatic rings. The van der Waals surface area contributed by atoms with Gasteiger partial charge in [0.25, 0.3) is 0 Å². The Labute approximate surface area is 109 Å². The van der Waals surface area contributed by atoms with Gasteiger partial charge in [0.1, 0.15) is 12.0 Å². The molecule has 2 rings (SSSR count). The Bertz CT molecular complexity index is 426. The molecule has 1 aromatic heterocycles. The zero-order chi connectivity index (χ0) is 12.5. The van der Waals surface area contributed by atoms with E-state index in [0.717, 1.165) is 19.4 Å². The molecule has 0 spiro atoms. The van der Waals surface area contributed by atoms with Crippen molar-refractivity contribution in [2.75, 3.05) is 11.9 Å². The van der Waals surface area contributed by atoms with Gasteiger partial charge in [0.05, 0.1) is 5.54 Å². The number of hydrogen-bond donors (Lipinski definition) is 2. The number of aromatic nitrogens is 2. The van der Waals surface area contributed by atoms with Crippen LogP contribution < -0.4 is 10.6 Å². The molecule has 1 saturated heterocycles. The third-order valence-corrected chi connectivity index (χ3v) is 3.44. The average Bonchev–Trinajstić information content (AvgIpc) is 2.72. The monoisotopic (exact) mass is 274 g/mol. The molecule has 92 valence electrons. The normalized spacial score (nSPS) is 23.7. The highest BCUT2D eigenvalue weighted by Crippen LogP contribution is 2.28. The lowest BCUT2D eigenvalue weighted by Gasteiger charge is -2.23. The van der Waals surface area contributed by atoms with E-state index in [2.05, 4.69) is 20.6 Å². The van der Waals surface area contributed by atoms with Crippen molar-refractivity contribution >= 4 is 34.8 Å². The van der Waals surface area contributed by atoms with Crippen LogP contribution in [-0.2, 0) is 4.79 Å². The number of nitrogens with zero attached hydrogens (tertiary/aromatic N) is 2. The number of halogens is 2. The Morgan fingerprint density at radius 3 is 2.65 bits per heavy atom. The van der Waals surface area contributed by atoms with E-state index in [1.807, 2.05) is 6.92 Å². The summed E-state index contributed by atoms with van der Waals surface area (Å²) in [4.78, 5) is 19.6. The summed E-state index contributed by atoms with van der Waals surface area (Å²) in [6.45, 7) is 2.68. The molecule has 0 saturated carbocycles. The highest BCUT2D eigenvalue weighted by atomic mass is 35.5. The van der Waals surface area contributed by atoms with Crippen molar-refractivity contribution in [3.8, 4) is 0 Å². The lowest BCUT2D eigenvalue weighted by molar-refractivity contribution is -0.121. The van der Waals surface area contributed by atoms with Crippen molar-refractivity contribution < 1.29 is 4.79 Å². The van der Waals surface area contributed by atoms with Gasteiger partial charge in [-0.2, -0.15) is 0 Å². The second-order valence-electron chi connectivity index (χ2n) is 4.15. The zero-order valence-electron chi connectivity index (χ0n) is 9.26. The van der Waals surface area contributed by atoms with Gasteiger partial charge in [-0.1, -0.05) is 23.2 Å². The van der Waals surface area contributed by atoms with Gasteiger partial charge >= 0.3 is 0 Å². The molecule has 1 atom stereocenters. The van der Waals surface area contributed by atoms with Gasteiger partial charge in [-0.15, -0.1) is 0 Å². The number of amides is 1. The van der Waals surface area contributed by atoms with Crippen LogP contribution in [0.25, 0.3) is 0 Å². The summed E-state index contributed by atoms with van der Waals surface area (Å²) < 4.78 is 0. The maximum Gasteiger partial charge on any atom is 0.244 e. The first-order valence-corrected chi connectivity index (χ1v) is 6.01. The smallest absolute Gasteiger partial charge is 0.244 e. The first-order valence-electron chi connectivity index (χ1n) is 5.25. The Balaban J connectivity index is 2.18. The van der Waals surface area contributed by atoms with Crippen molar-refractivity contribution in [1.29, 1.82) is 0 Å². The molecule has 7 heteroatoms. The lowest BCUT2D eigenvalue weighted by atomic mass is 9.99. The minimum Gasteiger partial charge on any atom is -0.319 e. The molecule has 1 fully saturated rings. The Hall–Kier alpha value is -0.910. The van der Waals surface area contributed by atoms with Gasteiger partial charge in [0, 0.05) is 0 Å². The average molecular weight is 275 g/mol. The molecule has 5 nitrogen and oxygen atoms in total. The third-order valence-electron chi connectivity index (χ3n) is 2.86. The molecule has 0 bridgehead atoms. The molecule has 1 aliphatic rings. The largest absolute Gasteiger partial charge is 0.319 e. The van der Waals surface area contributed by atoms with Crippen LogP contribution in [0.2, 0.25) is 10.3 Å². The van der Waals surface area contributed by atoms with Crippen LogP contribution in [0, 0.1) is 0 Å². The summed E-state index contributed by atoms with van der Waals surface area (Å²) in [5, 5.41) is 6.10. The molecular weight excluding hydrogens is 263 g/mol. The Morgan fingerprint density at radius 1 is 1.47 bits per heavy atom. The van der Waals surface area contributed by atoms with Crippen LogP contribution in [0.1, 0.15) is 19.8 Å². The van der Waals surface area contributed by atoms with E-state index in [1.165, 1.54) is 6.33 Å².